The van der Waals surface area contributed by atoms with Gasteiger partial charge < -0.3 is 10.6 Å². The molecule has 1 heterocycles. The zero-order valence-corrected chi connectivity index (χ0v) is 10.3. The van der Waals surface area contributed by atoms with E-state index in [4.69, 9.17) is 0 Å². The van der Waals surface area contributed by atoms with Gasteiger partial charge in [-0.2, -0.15) is 0 Å². The minimum atomic E-state index is 0.249. The molecule has 2 fully saturated rings. The maximum absolute atomic E-state index is 11.6. The molecule has 1 aliphatic heterocycles. The Labute approximate surface area is 98.4 Å². The van der Waals surface area contributed by atoms with Gasteiger partial charge in [0, 0.05) is 13.0 Å². The van der Waals surface area contributed by atoms with Gasteiger partial charge in [0.15, 0.2) is 0 Å². The third-order valence-electron chi connectivity index (χ3n) is 3.99. The highest BCUT2D eigenvalue weighted by atomic mass is 16.1. The standard InChI is InChI=1S/C13H24N2O/c1-10(12-3-4-12)8-15-13(16)5-2-11-6-7-14-9-11/h10-12,14H,2-9H2,1H3,(H,15,16). The van der Waals surface area contributed by atoms with Gasteiger partial charge in [-0.05, 0) is 56.5 Å². The van der Waals surface area contributed by atoms with Gasteiger partial charge >= 0.3 is 0 Å². The minimum absolute atomic E-state index is 0.249. The molecular weight excluding hydrogens is 200 g/mol. The molecule has 1 saturated heterocycles. The molecule has 0 aromatic heterocycles. The van der Waals surface area contributed by atoms with Crippen LogP contribution in [0.5, 0.6) is 0 Å². The second-order valence-electron chi connectivity index (χ2n) is 5.52. The molecule has 1 amide bonds. The van der Waals surface area contributed by atoms with Crippen LogP contribution in [-0.4, -0.2) is 25.5 Å². The normalized spacial score (nSPS) is 26.7. The summed E-state index contributed by atoms with van der Waals surface area (Å²) in [6.07, 6.45) is 5.74. The maximum Gasteiger partial charge on any atom is 0.220 e. The van der Waals surface area contributed by atoms with Crippen molar-refractivity contribution >= 4 is 5.91 Å². The highest BCUT2D eigenvalue weighted by Gasteiger charge is 2.27. The fourth-order valence-corrected chi connectivity index (χ4v) is 2.49. The first-order chi connectivity index (χ1) is 7.75. The highest BCUT2D eigenvalue weighted by molar-refractivity contribution is 5.75. The summed E-state index contributed by atoms with van der Waals surface area (Å²) in [7, 11) is 0. The zero-order chi connectivity index (χ0) is 11.4. The van der Waals surface area contributed by atoms with Crippen LogP contribution in [0.1, 0.15) is 39.0 Å². The van der Waals surface area contributed by atoms with Gasteiger partial charge in [-0.1, -0.05) is 6.92 Å². The van der Waals surface area contributed by atoms with E-state index in [1.165, 1.54) is 19.3 Å². The lowest BCUT2D eigenvalue weighted by Gasteiger charge is -2.12. The van der Waals surface area contributed by atoms with Crippen LogP contribution >= 0.6 is 0 Å². The van der Waals surface area contributed by atoms with Crippen molar-refractivity contribution in [1.29, 1.82) is 0 Å². The van der Waals surface area contributed by atoms with Crippen molar-refractivity contribution in [2.45, 2.75) is 39.0 Å². The summed E-state index contributed by atoms with van der Waals surface area (Å²) in [5.41, 5.74) is 0. The Kier molecular flexibility index (Phi) is 4.22. The topological polar surface area (TPSA) is 41.1 Å². The van der Waals surface area contributed by atoms with Gasteiger partial charge in [0.2, 0.25) is 5.91 Å². The Balaban J connectivity index is 1.53. The van der Waals surface area contributed by atoms with Gasteiger partial charge in [-0.15, -0.1) is 0 Å². The Morgan fingerprint density at radius 1 is 1.44 bits per heavy atom. The number of hydrogen-bond donors (Lipinski definition) is 2. The number of nitrogens with one attached hydrogen (secondary N) is 2. The molecule has 92 valence electrons. The number of rotatable bonds is 6. The number of hydrogen-bond acceptors (Lipinski definition) is 2. The lowest BCUT2D eigenvalue weighted by atomic mass is 10.0. The molecule has 1 saturated carbocycles. The van der Waals surface area contributed by atoms with Gasteiger partial charge in [-0.25, -0.2) is 0 Å². The van der Waals surface area contributed by atoms with Crippen LogP contribution in [0.4, 0.5) is 0 Å². The molecule has 2 unspecified atom stereocenters. The Morgan fingerprint density at radius 3 is 2.88 bits per heavy atom. The summed E-state index contributed by atoms with van der Waals surface area (Å²) in [6.45, 7) is 5.36. The third kappa shape index (κ3) is 3.78. The average Bonchev–Trinajstić information content (AvgIpc) is 3.01. The molecule has 2 atom stereocenters. The van der Waals surface area contributed by atoms with Crippen LogP contribution in [-0.2, 0) is 4.79 Å². The molecule has 3 heteroatoms. The monoisotopic (exact) mass is 224 g/mol. The average molecular weight is 224 g/mol. The molecule has 0 spiro atoms. The van der Waals surface area contributed by atoms with E-state index in [0.29, 0.717) is 12.3 Å². The predicted octanol–water partition coefficient (Wildman–Crippen LogP) is 1.54. The lowest BCUT2D eigenvalue weighted by Crippen LogP contribution is -2.29. The summed E-state index contributed by atoms with van der Waals surface area (Å²) >= 11 is 0. The molecule has 2 rings (SSSR count). The van der Waals surface area contributed by atoms with Gasteiger partial charge in [0.05, 0.1) is 0 Å². The number of carbonyl (C=O) groups excluding carboxylic acids is 1. The van der Waals surface area contributed by atoms with E-state index in [1.807, 2.05) is 0 Å². The molecule has 0 bridgehead atoms. The fraction of sp³-hybridized carbons (Fsp3) is 0.923. The largest absolute Gasteiger partial charge is 0.356 e. The molecular formula is C13H24N2O. The second kappa shape index (κ2) is 5.67. The smallest absolute Gasteiger partial charge is 0.220 e. The Bertz CT molecular complexity index is 224. The van der Waals surface area contributed by atoms with Crippen molar-refractivity contribution in [2.24, 2.45) is 17.8 Å². The van der Waals surface area contributed by atoms with E-state index in [-0.39, 0.29) is 5.91 Å². The van der Waals surface area contributed by atoms with Crippen molar-refractivity contribution in [3.05, 3.63) is 0 Å². The Morgan fingerprint density at radius 2 is 2.25 bits per heavy atom. The van der Waals surface area contributed by atoms with E-state index < -0.39 is 0 Å². The summed E-state index contributed by atoms with van der Waals surface area (Å²) in [5, 5.41) is 6.41. The van der Waals surface area contributed by atoms with Crippen LogP contribution in [0.2, 0.25) is 0 Å². The first kappa shape index (κ1) is 11.9. The predicted molar refractivity (Wildman–Crippen MR) is 65.1 cm³/mol. The highest BCUT2D eigenvalue weighted by Crippen LogP contribution is 2.36. The molecule has 0 aromatic carbocycles. The van der Waals surface area contributed by atoms with Crippen LogP contribution in [0.25, 0.3) is 0 Å². The molecule has 1 aliphatic carbocycles. The third-order valence-corrected chi connectivity index (χ3v) is 3.99. The molecule has 0 radical (unpaired) electrons. The van der Waals surface area contributed by atoms with Crippen molar-refractivity contribution in [3.63, 3.8) is 0 Å². The molecule has 0 aromatic rings. The van der Waals surface area contributed by atoms with E-state index >= 15 is 0 Å². The summed E-state index contributed by atoms with van der Waals surface area (Å²) in [5.74, 6) is 2.54. The second-order valence-corrected chi connectivity index (χ2v) is 5.52. The number of carbonyl (C=O) groups is 1. The van der Waals surface area contributed by atoms with Crippen LogP contribution in [0, 0.1) is 17.8 Å². The Hall–Kier alpha value is -0.570. The lowest BCUT2D eigenvalue weighted by molar-refractivity contribution is -0.121. The summed E-state index contributed by atoms with van der Waals surface area (Å²) < 4.78 is 0. The van der Waals surface area contributed by atoms with Crippen molar-refractivity contribution in [2.75, 3.05) is 19.6 Å². The number of amides is 1. The van der Waals surface area contributed by atoms with E-state index in [9.17, 15) is 4.79 Å². The minimum Gasteiger partial charge on any atom is -0.356 e. The first-order valence-electron chi connectivity index (χ1n) is 6.73. The van der Waals surface area contributed by atoms with E-state index in [2.05, 4.69) is 17.6 Å². The van der Waals surface area contributed by atoms with Gasteiger partial charge in [0.25, 0.3) is 0 Å². The summed E-state index contributed by atoms with van der Waals surface area (Å²) in [4.78, 5) is 11.6. The quantitative estimate of drug-likeness (QED) is 0.718. The molecule has 2 N–H and O–H groups in total. The first-order valence-corrected chi connectivity index (χ1v) is 6.73. The van der Waals surface area contributed by atoms with E-state index in [0.717, 1.165) is 37.9 Å². The zero-order valence-electron chi connectivity index (χ0n) is 10.3. The van der Waals surface area contributed by atoms with Crippen molar-refractivity contribution in [1.82, 2.24) is 10.6 Å². The van der Waals surface area contributed by atoms with Crippen LogP contribution in [0.15, 0.2) is 0 Å². The van der Waals surface area contributed by atoms with Crippen LogP contribution in [0.3, 0.4) is 0 Å². The van der Waals surface area contributed by atoms with Crippen molar-refractivity contribution in [3.8, 4) is 0 Å². The SMILES string of the molecule is CC(CNC(=O)CCC1CCNC1)C1CC1. The van der Waals surface area contributed by atoms with Crippen LogP contribution < -0.4 is 10.6 Å². The molecule has 16 heavy (non-hydrogen) atoms. The molecule has 3 nitrogen and oxygen atoms in total. The fourth-order valence-electron chi connectivity index (χ4n) is 2.49. The van der Waals surface area contributed by atoms with E-state index in [1.54, 1.807) is 0 Å². The van der Waals surface area contributed by atoms with Gasteiger partial charge in [-0.3, -0.25) is 4.79 Å². The van der Waals surface area contributed by atoms with Gasteiger partial charge in [0.1, 0.15) is 0 Å². The molecule has 2 aliphatic rings. The van der Waals surface area contributed by atoms with Crippen molar-refractivity contribution < 1.29 is 4.79 Å². The maximum atomic E-state index is 11.6. The summed E-state index contributed by atoms with van der Waals surface area (Å²) in [6, 6.07) is 0.